The van der Waals surface area contributed by atoms with Crippen LogP contribution in [0, 0.1) is 0 Å². The number of aromatic nitrogens is 3. The summed E-state index contributed by atoms with van der Waals surface area (Å²) in [5.74, 6) is 0.350. The van der Waals surface area contributed by atoms with Crippen molar-refractivity contribution in [1.82, 2.24) is 14.8 Å². The van der Waals surface area contributed by atoms with Crippen molar-refractivity contribution in [2.45, 2.75) is 19.2 Å². The molecule has 0 fully saturated rings. The minimum Gasteiger partial charge on any atom is -0.463 e. The van der Waals surface area contributed by atoms with Gasteiger partial charge in [-0.1, -0.05) is 18.2 Å². The van der Waals surface area contributed by atoms with Crippen LogP contribution in [0.1, 0.15) is 12.5 Å². The van der Waals surface area contributed by atoms with Crippen molar-refractivity contribution in [3.8, 4) is 23.1 Å². The van der Waals surface area contributed by atoms with Gasteiger partial charge >= 0.3 is 12.2 Å². The number of benzene rings is 2. The summed E-state index contributed by atoms with van der Waals surface area (Å²) in [7, 11) is 0. The number of hydrogen-bond donors (Lipinski definition) is 2. The molecule has 7 nitrogen and oxygen atoms in total. The third-order valence-electron chi connectivity index (χ3n) is 4.53. The molecule has 0 radical (unpaired) electrons. The normalized spacial score (nSPS) is 12.4. The van der Waals surface area contributed by atoms with Gasteiger partial charge in [0.1, 0.15) is 0 Å². The number of ether oxygens (including phenoxy) is 2. The molecule has 0 spiro atoms. The zero-order valence-electron chi connectivity index (χ0n) is 18.0. The molecule has 0 aliphatic rings. The third-order valence-corrected chi connectivity index (χ3v) is 4.53. The number of halogens is 3. The van der Waals surface area contributed by atoms with Crippen LogP contribution in [0.3, 0.4) is 0 Å². The second kappa shape index (κ2) is 11.0. The number of aliphatic hydroxyl groups excluding tert-OH is 1. The van der Waals surface area contributed by atoms with Gasteiger partial charge in [0.25, 0.3) is 0 Å². The van der Waals surface area contributed by atoms with Crippen LogP contribution in [-0.4, -0.2) is 52.3 Å². The molecule has 0 bridgehead atoms. The van der Waals surface area contributed by atoms with Crippen LogP contribution in [0.5, 0.6) is 6.01 Å². The summed E-state index contributed by atoms with van der Waals surface area (Å²) >= 11 is 0. The fourth-order valence-corrected chi connectivity index (χ4v) is 2.96. The molecule has 2 aromatic carbocycles. The molecule has 0 amide bonds. The fraction of sp³-hybridized carbons (Fsp3) is 0.304. The third kappa shape index (κ3) is 6.56. The molecule has 1 unspecified atom stereocenters. The van der Waals surface area contributed by atoms with Crippen molar-refractivity contribution >= 4 is 5.69 Å². The second-order valence-corrected chi connectivity index (χ2v) is 7.05. The minimum absolute atomic E-state index is 0.122. The SMILES string of the molecule is C=CCOCC(O)CNc1ccc(-n2nc(OCC)nc2-c2ccc(C(F)(F)F)cc2)cc1. The molecule has 0 saturated heterocycles. The van der Waals surface area contributed by atoms with Gasteiger partial charge in [0.15, 0.2) is 5.82 Å². The number of hydrogen-bond acceptors (Lipinski definition) is 6. The van der Waals surface area contributed by atoms with E-state index in [1.165, 1.54) is 16.8 Å². The zero-order valence-corrected chi connectivity index (χ0v) is 18.0. The lowest BCUT2D eigenvalue weighted by Crippen LogP contribution is -2.24. The van der Waals surface area contributed by atoms with Gasteiger partial charge in [-0.05, 0) is 43.3 Å². The Balaban J connectivity index is 1.79. The predicted molar refractivity (Wildman–Crippen MR) is 118 cm³/mol. The van der Waals surface area contributed by atoms with Crippen molar-refractivity contribution < 1.29 is 27.8 Å². The van der Waals surface area contributed by atoms with E-state index in [-0.39, 0.29) is 12.6 Å². The Bertz CT molecular complexity index is 1030. The highest BCUT2D eigenvalue weighted by Gasteiger charge is 2.30. The van der Waals surface area contributed by atoms with Crippen LogP contribution >= 0.6 is 0 Å². The lowest BCUT2D eigenvalue weighted by molar-refractivity contribution is -0.137. The molecular weight excluding hydrogens is 437 g/mol. The van der Waals surface area contributed by atoms with Crippen molar-refractivity contribution in [3.63, 3.8) is 0 Å². The van der Waals surface area contributed by atoms with Crippen LogP contribution in [0.2, 0.25) is 0 Å². The molecule has 1 heterocycles. The summed E-state index contributed by atoms with van der Waals surface area (Å²) in [6.45, 7) is 6.53. The van der Waals surface area contributed by atoms with E-state index in [0.717, 1.165) is 17.8 Å². The second-order valence-electron chi connectivity index (χ2n) is 7.05. The first-order valence-electron chi connectivity index (χ1n) is 10.3. The van der Waals surface area contributed by atoms with Gasteiger partial charge in [0.2, 0.25) is 0 Å². The molecule has 3 aromatic rings. The Kier molecular flexibility index (Phi) is 8.07. The molecule has 1 atom stereocenters. The first kappa shape index (κ1) is 24.3. The van der Waals surface area contributed by atoms with Gasteiger partial charge in [-0.25, -0.2) is 4.68 Å². The van der Waals surface area contributed by atoms with Crippen LogP contribution in [0.4, 0.5) is 18.9 Å². The van der Waals surface area contributed by atoms with E-state index >= 15 is 0 Å². The van der Waals surface area contributed by atoms with Gasteiger partial charge < -0.3 is 19.9 Å². The number of anilines is 1. The largest absolute Gasteiger partial charge is 0.463 e. The highest BCUT2D eigenvalue weighted by Crippen LogP contribution is 2.31. The molecule has 176 valence electrons. The number of alkyl halides is 3. The van der Waals surface area contributed by atoms with Gasteiger partial charge in [-0.2, -0.15) is 18.2 Å². The lowest BCUT2D eigenvalue weighted by atomic mass is 10.1. The Labute approximate surface area is 189 Å². The molecule has 1 aromatic heterocycles. The van der Waals surface area contributed by atoms with E-state index in [1.54, 1.807) is 37.3 Å². The summed E-state index contributed by atoms with van der Waals surface area (Å²) in [6.07, 6.45) is -3.49. The summed E-state index contributed by atoms with van der Waals surface area (Å²) in [6, 6.07) is 12.0. The molecule has 3 rings (SSSR count). The molecule has 0 saturated carbocycles. The first-order chi connectivity index (χ1) is 15.8. The van der Waals surface area contributed by atoms with Crippen LogP contribution in [0.15, 0.2) is 61.2 Å². The van der Waals surface area contributed by atoms with Crippen molar-refractivity contribution in [2.75, 3.05) is 31.7 Å². The monoisotopic (exact) mass is 462 g/mol. The molecule has 0 aliphatic heterocycles. The minimum atomic E-state index is -4.42. The van der Waals surface area contributed by atoms with E-state index in [1.807, 2.05) is 0 Å². The Morgan fingerprint density at radius 1 is 1.15 bits per heavy atom. The first-order valence-corrected chi connectivity index (χ1v) is 10.3. The van der Waals surface area contributed by atoms with Gasteiger partial charge in [0.05, 0.1) is 37.2 Å². The van der Waals surface area contributed by atoms with E-state index in [9.17, 15) is 18.3 Å². The summed E-state index contributed by atoms with van der Waals surface area (Å²) < 4.78 is 50.9. The van der Waals surface area contributed by atoms with E-state index in [2.05, 4.69) is 22.0 Å². The molecule has 2 N–H and O–H groups in total. The Hall–Kier alpha value is -3.37. The maximum atomic E-state index is 12.9. The number of nitrogens with one attached hydrogen (secondary N) is 1. The van der Waals surface area contributed by atoms with Crippen LogP contribution in [0.25, 0.3) is 17.1 Å². The van der Waals surface area contributed by atoms with E-state index in [0.29, 0.717) is 36.8 Å². The quantitative estimate of drug-likeness (QED) is 0.326. The summed E-state index contributed by atoms with van der Waals surface area (Å²) in [5.41, 5.74) is 1.13. The van der Waals surface area contributed by atoms with Crippen LogP contribution < -0.4 is 10.1 Å². The van der Waals surface area contributed by atoms with E-state index < -0.39 is 17.8 Å². The highest BCUT2D eigenvalue weighted by molar-refractivity contribution is 5.60. The maximum Gasteiger partial charge on any atom is 0.416 e. The number of aliphatic hydroxyl groups is 1. The lowest BCUT2D eigenvalue weighted by Gasteiger charge is -2.13. The molecular formula is C23H25F3N4O3. The average Bonchev–Trinajstić information content (AvgIpc) is 3.22. The number of nitrogens with zero attached hydrogens (tertiary/aromatic N) is 3. The summed E-state index contributed by atoms with van der Waals surface area (Å²) in [5, 5.41) is 17.4. The predicted octanol–water partition coefficient (Wildman–Crippen LogP) is 4.33. The van der Waals surface area contributed by atoms with Crippen LogP contribution in [-0.2, 0) is 10.9 Å². The van der Waals surface area contributed by atoms with Crippen molar-refractivity contribution in [3.05, 3.63) is 66.7 Å². The Morgan fingerprint density at radius 2 is 1.85 bits per heavy atom. The maximum absolute atomic E-state index is 12.9. The fourth-order valence-electron chi connectivity index (χ4n) is 2.96. The topological polar surface area (TPSA) is 81.4 Å². The molecule has 0 aliphatic carbocycles. The van der Waals surface area contributed by atoms with Gasteiger partial charge in [0, 0.05) is 17.8 Å². The van der Waals surface area contributed by atoms with E-state index in [4.69, 9.17) is 9.47 Å². The highest BCUT2D eigenvalue weighted by atomic mass is 19.4. The zero-order chi connectivity index (χ0) is 23.8. The van der Waals surface area contributed by atoms with Gasteiger partial charge in [-0.15, -0.1) is 11.7 Å². The number of rotatable bonds is 11. The Morgan fingerprint density at radius 3 is 2.45 bits per heavy atom. The van der Waals surface area contributed by atoms with Gasteiger partial charge in [-0.3, -0.25) is 0 Å². The van der Waals surface area contributed by atoms with Crippen molar-refractivity contribution in [2.24, 2.45) is 0 Å². The molecule has 10 heteroatoms. The smallest absolute Gasteiger partial charge is 0.416 e. The summed E-state index contributed by atoms with van der Waals surface area (Å²) in [4.78, 5) is 4.33. The van der Waals surface area contributed by atoms with Crippen molar-refractivity contribution in [1.29, 1.82) is 0 Å². The average molecular weight is 462 g/mol. The molecule has 33 heavy (non-hydrogen) atoms. The standard InChI is InChI=1S/C23H25F3N4O3/c1-3-13-32-15-20(31)14-27-18-9-11-19(12-10-18)30-21(28-22(29-30)33-4-2)16-5-7-17(8-6-16)23(24,25)26/h3,5-12,20,27,31H,1,4,13-15H2,2H3.